The first kappa shape index (κ1) is 19.4. The molecule has 1 unspecified atom stereocenters. The summed E-state index contributed by atoms with van der Waals surface area (Å²) in [6.07, 6.45) is 2.60. The number of hydrogen-bond acceptors (Lipinski definition) is 3. The summed E-state index contributed by atoms with van der Waals surface area (Å²) >= 11 is 6.33. The number of carboxylic acids is 1. The zero-order valence-electron chi connectivity index (χ0n) is 15.1. The molecule has 29 heavy (non-hydrogen) atoms. The van der Waals surface area contributed by atoms with Crippen LogP contribution in [-0.4, -0.2) is 47.0 Å². The smallest absolute Gasteiger partial charge is 0.328 e. The van der Waals surface area contributed by atoms with Gasteiger partial charge in [-0.25, -0.2) is 13.6 Å². The number of fused-ring (bicyclic) bond motifs is 1. The Morgan fingerprint density at radius 3 is 2.48 bits per heavy atom. The molecule has 2 aliphatic heterocycles. The van der Waals surface area contributed by atoms with Crippen LogP contribution in [-0.2, 0) is 11.2 Å². The van der Waals surface area contributed by atoms with Gasteiger partial charge in [0.1, 0.15) is 11.9 Å². The quantitative estimate of drug-likeness (QED) is 0.759. The number of nitrogens with zero attached hydrogens (tertiary/aromatic N) is 1. The molecule has 8 heteroatoms. The molecule has 150 valence electrons. The van der Waals surface area contributed by atoms with Gasteiger partial charge in [0.2, 0.25) is 0 Å². The van der Waals surface area contributed by atoms with Crippen LogP contribution in [0.4, 0.5) is 8.78 Å². The average Bonchev–Trinajstić information content (AvgIpc) is 3.07. The Balaban J connectivity index is 1.52. The minimum Gasteiger partial charge on any atom is -0.484 e. The number of aliphatic carboxylic acids is 1. The van der Waals surface area contributed by atoms with Crippen molar-refractivity contribution in [3.8, 4) is 16.9 Å². The number of likely N-dealkylation sites (tertiary alicyclic amines) is 1. The van der Waals surface area contributed by atoms with E-state index in [1.807, 2.05) is 6.07 Å². The molecule has 1 N–H and O–H groups in total. The summed E-state index contributed by atoms with van der Waals surface area (Å²) in [5.74, 6) is -3.74. The Bertz CT molecular complexity index is 1010. The lowest BCUT2D eigenvalue weighted by molar-refractivity contribution is -0.131. The maximum Gasteiger partial charge on any atom is 0.328 e. The van der Waals surface area contributed by atoms with Crippen LogP contribution >= 0.6 is 11.6 Å². The first-order chi connectivity index (χ1) is 13.7. The monoisotopic (exact) mass is 419 g/mol. The van der Waals surface area contributed by atoms with E-state index in [-0.39, 0.29) is 0 Å². The lowest BCUT2D eigenvalue weighted by Crippen LogP contribution is -2.58. The molecule has 1 saturated heterocycles. The van der Waals surface area contributed by atoms with E-state index in [4.69, 9.17) is 21.4 Å². The second-order valence-corrected chi connectivity index (χ2v) is 7.51. The molecule has 0 bridgehead atoms. The number of ether oxygens (including phenoxy) is 1. The number of rotatable bonds is 4. The summed E-state index contributed by atoms with van der Waals surface area (Å²) in [4.78, 5) is 24.0. The fourth-order valence-electron chi connectivity index (χ4n) is 3.45. The third-order valence-electron chi connectivity index (χ3n) is 4.86. The van der Waals surface area contributed by atoms with Gasteiger partial charge in [-0.1, -0.05) is 23.7 Å². The number of carbonyl (C=O) groups is 2. The van der Waals surface area contributed by atoms with Gasteiger partial charge in [0.15, 0.2) is 0 Å². The van der Waals surface area contributed by atoms with Crippen molar-refractivity contribution < 1.29 is 28.2 Å². The maximum atomic E-state index is 13.0. The molecule has 1 amide bonds. The number of amides is 1. The summed E-state index contributed by atoms with van der Waals surface area (Å²) in [7, 11) is 0. The topological polar surface area (TPSA) is 66.8 Å². The Morgan fingerprint density at radius 1 is 1.17 bits per heavy atom. The molecule has 0 radical (unpaired) electrons. The van der Waals surface area contributed by atoms with Crippen LogP contribution in [0.25, 0.3) is 11.1 Å². The lowest BCUT2D eigenvalue weighted by atomic mass is 9.99. The van der Waals surface area contributed by atoms with Crippen molar-refractivity contribution >= 4 is 23.5 Å². The van der Waals surface area contributed by atoms with E-state index >= 15 is 0 Å². The fourth-order valence-corrected chi connectivity index (χ4v) is 3.73. The molecule has 0 saturated carbocycles. The molecule has 4 rings (SSSR count). The molecule has 2 aromatic rings. The van der Waals surface area contributed by atoms with Crippen molar-refractivity contribution in [1.82, 2.24) is 4.90 Å². The second-order valence-electron chi connectivity index (χ2n) is 7.10. The number of carboxylic acid groups (broad SMARTS) is 1. The van der Waals surface area contributed by atoms with Gasteiger partial charge in [-0.15, -0.1) is 0 Å². The van der Waals surface area contributed by atoms with Crippen molar-refractivity contribution in [3.05, 3.63) is 64.7 Å². The Labute approximate surface area is 170 Å². The van der Waals surface area contributed by atoms with Gasteiger partial charge in [0.05, 0.1) is 18.1 Å². The highest BCUT2D eigenvalue weighted by Crippen LogP contribution is 2.40. The number of carbonyl (C=O) groups excluding carboxylic acids is 1. The molecule has 1 fully saturated rings. The minimum absolute atomic E-state index is 0.346. The van der Waals surface area contributed by atoms with E-state index < -0.39 is 37.0 Å². The van der Waals surface area contributed by atoms with Crippen molar-refractivity contribution in [2.75, 3.05) is 13.1 Å². The van der Waals surface area contributed by atoms with Gasteiger partial charge in [-0.05, 0) is 41.5 Å². The third kappa shape index (κ3) is 3.96. The molecule has 5 nitrogen and oxygen atoms in total. The zero-order valence-corrected chi connectivity index (χ0v) is 15.8. The first-order valence-corrected chi connectivity index (χ1v) is 9.27. The molecule has 0 aliphatic carbocycles. The van der Waals surface area contributed by atoms with Gasteiger partial charge in [0, 0.05) is 23.6 Å². The van der Waals surface area contributed by atoms with Crippen LogP contribution in [0.2, 0.25) is 5.02 Å². The Kier molecular flexibility index (Phi) is 4.78. The van der Waals surface area contributed by atoms with E-state index in [0.717, 1.165) is 27.7 Å². The van der Waals surface area contributed by atoms with Crippen LogP contribution in [0.15, 0.2) is 48.6 Å². The van der Waals surface area contributed by atoms with Gasteiger partial charge in [0.25, 0.3) is 11.8 Å². The summed E-state index contributed by atoms with van der Waals surface area (Å²) in [6, 6.07) is 10.3. The van der Waals surface area contributed by atoms with Gasteiger partial charge >= 0.3 is 5.97 Å². The number of halogens is 3. The molecule has 1 atom stereocenters. The summed E-state index contributed by atoms with van der Waals surface area (Å²) in [5.41, 5.74) is 2.83. The molecule has 2 aromatic carbocycles. The van der Waals surface area contributed by atoms with Crippen molar-refractivity contribution in [2.24, 2.45) is 0 Å². The highest BCUT2D eigenvalue weighted by atomic mass is 35.5. The van der Waals surface area contributed by atoms with Crippen molar-refractivity contribution in [1.29, 1.82) is 0 Å². The summed E-state index contributed by atoms with van der Waals surface area (Å²) in [6.45, 7) is -1.10. The van der Waals surface area contributed by atoms with Crippen molar-refractivity contribution in [3.63, 3.8) is 0 Å². The van der Waals surface area contributed by atoms with Crippen LogP contribution in [0.3, 0.4) is 0 Å². The SMILES string of the molecule is O=C(O)/C=C/C1Cc2cc(-c3ccc(C(=O)N4CC(F)(F)C4)cc3)cc(Cl)c2O1. The molecule has 2 heterocycles. The molecule has 0 aromatic heterocycles. The second kappa shape index (κ2) is 7.15. The Morgan fingerprint density at radius 2 is 1.86 bits per heavy atom. The third-order valence-corrected chi connectivity index (χ3v) is 5.14. The van der Waals surface area contributed by atoms with Gasteiger partial charge < -0.3 is 14.7 Å². The zero-order chi connectivity index (χ0) is 20.8. The predicted molar refractivity (Wildman–Crippen MR) is 103 cm³/mol. The van der Waals surface area contributed by atoms with Crippen LogP contribution in [0.5, 0.6) is 5.75 Å². The minimum atomic E-state index is -2.80. The fraction of sp³-hybridized carbons (Fsp3) is 0.238. The van der Waals surface area contributed by atoms with Gasteiger partial charge in [-0.3, -0.25) is 4.79 Å². The lowest BCUT2D eigenvalue weighted by Gasteiger charge is -2.38. The number of benzene rings is 2. The van der Waals surface area contributed by atoms with Crippen LogP contribution < -0.4 is 4.74 Å². The number of hydrogen-bond donors (Lipinski definition) is 1. The highest BCUT2D eigenvalue weighted by molar-refractivity contribution is 6.32. The molecule has 2 aliphatic rings. The Hall–Kier alpha value is -2.93. The largest absolute Gasteiger partial charge is 0.484 e. The summed E-state index contributed by atoms with van der Waals surface area (Å²) in [5, 5.41) is 9.16. The molecule has 0 spiro atoms. The van der Waals surface area contributed by atoms with Gasteiger partial charge in [-0.2, -0.15) is 0 Å². The average molecular weight is 420 g/mol. The van der Waals surface area contributed by atoms with E-state index in [2.05, 4.69) is 0 Å². The standard InChI is InChI=1S/C21H16ClF2NO4/c22-17-9-14(7-15-8-16(29-19(15)17)5-6-18(26)27)12-1-3-13(4-2-12)20(28)25-10-21(23,24)11-25/h1-7,9,16H,8,10-11H2,(H,26,27)/b6-5+. The van der Waals surface area contributed by atoms with E-state index in [1.165, 1.54) is 6.08 Å². The van der Waals surface area contributed by atoms with E-state index in [1.54, 1.807) is 30.3 Å². The normalized spacial score (nSPS) is 19.6. The summed E-state index contributed by atoms with van der Waals surface area (Å²) < 4.78 is 31.6. The van der Waals surface area contributed by atoms with Crippen LogP contribution in [0.1, 0.15) is 15.9 Å². The first-order valence-electron chi connectivity index (χ1n) is 8.90. The van der Waals surface area contributed by atoms with E-state index in [9.17, 15) is 18.4 Å². The maximum absolute atomic E-state index is 13.0. The van der Waals surface area contributed by atoms with Crippen LogP contribution in [0, 0.1) is 0 Å². The number of alkyl halides is 2. The van der Waals surface area contributed by atoms with Crippen molar-refractivity contribution in [2.45, 2.75) is 18.4 Å². The van der Waals surface area contributed by atoms with E-state index in [0.29, 0.717) is 22.8 Å². The molecular weight excluding hydrogens is 404 g/mol. The predicted octanol–water partition coefficient (Wildman–Crippen LogP) is 4.04. The molecular formula is C21H16ClF2NO4. The highest BCUT2D eigenvalue weighted by Gasteiger charge is 2.46.